The van der Waals surface area contributed by atoms with Crippen LogP contribution in [0.4, 0.5) is 10.6 Å². The largest absolute Gasteiger partial charge is 0.495 e. The van der Waals surface area contributed by atoms with Crippen LogP contribution in [-0.4, -0.2) is 62.6 Å². The van der Waals surface area contributed by atoms with Crippen molar-refractivity contribution in [1.82, 2.24) is 10.3 Å². The van der Waals surface area contributed by atoms with Crippen LogP contribution in [0.3, 0.4) is 0 Å². The first-order chi connectivity index (χ1) is 17.4. The van der Waals surface area contributed by atoms with E-state index in [2.05, 4.69) is 10.3 Å². The molecule has 0 unspecified atom stereocenters. The van der Waals surface area contributed by atoms with Gasteiger partial charge in [0.2, 0.25) is 0 Å². The molecule has 1 aromatic heterocycles. The molecule has 10 nitrogen and oxygen atoms in total. The zero-order valence-corrected chi connectivity index (χ0v) is 22.6. The number of hydrogen-bond acceptors (Lipinski definition) is 8. The van der Waals surface area contributed by atoms with E-state index in [0.717, 1.165) is 0 Å². The van der Waals surface area contributed by atoms with Crippen molar-refractivity contribution in [3.05, 3.63) is 41.5 Å². The van der Waals surface area contributed by atoms with Crippen LogP contribution in [0.2, 0.25) is 0 Å². The Morgan fingerprint density at radius 1 is 1.05 bits per heavy atom. The van der Waals surface area contributed by atoms with Crippen LogP contribution in [-0.2, 0) is 4.74 Å². The van der Waals surface area contributed by atoms with Crippen molar-refractivity contribution in [2.75, 3.05) is 39.3 Å². The predicted octanol–water partition coefficient (Wildman–Crippen LogP) is 4.46. The molecule has 200 valence electrons. The number of carbonyl (C=O) groups excluding carboxylic acids is 2. The van der Waals surface area contributed by atoms with Gasteiger partial charge in [0, 0.05) is 13.1 Å². The molecule has 1 aromatic carbocycles. The summed E-state index contributed by atoms with van der Waals surface area (Å²) in [5.74, 6) is 1.55. The van der Waals surface area contributed by atoms with Crippen LogP contribution < -0.4 is 29.2 Å². The van der Waals surface area contributed by atoms with E-state index in [1.54, 1.807) is 45.0 Å². The lowest BCUT2D eigenvalue weighted by molar-refractivity contribution is 0.0528. The number of methoxy groups -OCH3 is 3. The summed E-state index contributed by atoms with van der Waals surface area (Å²) in [6.07, 6.45) is 3.21. The zero-order chi connectivity index (χ0) is 27.4. The summed E-state index contributed by atoms with van der Waals surface area (Å²) in [6, 6.07) is 6.70. The smallest absolute Gasteiger partial charge is 0.407 e. The van der Waals surface area contributed by atoms with Crippen LogP contribution in [0.15, 0.2) is 30.3 Å². The highest BCUT2D eigenvalue weighted by molar-refractivity contribution is 6.08. The van der Waals surface area contributed by atoms with Crippen LogP contribution in [0.25, 0.3) is 6.08 Å². The minimum absolute atomic E-state index is 0.0974. The SMILES string of the molecule is COc1ccc(N(CCNC(=O)OC(C)(C)C)C(=O)c2ccc3c(c2OC)C=CC(C)(C)O3)nc1OC. The molecule has 3 rings (SSSR count). The van der Waals surface area contributed by atoms with Crippen molar-refractivity contribution in [2.24, 2.45) is 0 Å². The van der Waals surface area contributed by atoms with Gasteiger partial charge in [-0.15, -0.1) is 0 Å². The molecule has 37 heavy (non-hydrogen) atoms. The van der Waals surface area contributed by atoms with Gasteiger partial charge in [0.05, 0.1) is 32.5 Å². The Morgan fingerprint density at radius 3 is 2.41 bits per heavy atom. The Morgan fingerprint density at radius 2 is 1.78 bits per heavy atom. The number of amides is 2. The van der Waals surface area contributed by atoms with E-state index >= 15 is 0 Å². The fraction of sp³-hybridized carbons (Fsp3) is 0.444. The Balaban J connectivity index is 1.97. The molecule has 0 aliphatic carbocycles. The summed E-state index contributed by atoms with van der Waals surface area (Å²) >= 11 is 0. The maximum atomic E-state index is 13.9. The number of ether oxygens (including phenoxy) is 5. The molecule has 0 radical (unpaired) electrons. The van der Waals surface area contributed by atoms with Gasteiger partial charge in [-0.05, 0) is 71.0 Å². The molecule has 2 aromatic rings. The quantitative estimate of drug-likeness (QED) is 0.551. The second-order valence-corrected chi connectivity index (χ2v) is 9.86. The maximum Gasteiger partial charge on any atom is 0.407 e. The maximum absolute atomic E-state index is 13.9. The molecule has 1 aliphatic rings. The standard InChI is InChI=1S/C27H35N3O7/c1-26(2,3)37-25(32)28-15-16-30(21-12-11-20(33-6)23(29-21)35-8)24(31)18-9-10-19-17(22(18)34-7)13-14-27(4,5)36-19/h9-14H,15-16H2,1-8H3,(H,28,32). The number of alkyl carbamates (subject to hydrolysis) is 1. The molecule has 0 atom stereocenters. The minimum atomic E-state index is -0.648. The zero-order valence-electron chi connectivity index (χ0n) is 22.6. The Labute approximate surface area is 217 Å². The molecule has 0 saturated heterocycles. The molecular weight excluding hydrogens is 478 g/mol. The van der Waals surface area contributed by atoms with E-state index in [1.165, 1.54) is 26.2 Å². The number of pyridine rings is 1. The van der Waals surface area contributed by atoms with Crippen LogP contribution in [0.1, 0.15) is 50.5 Å². The molecule has 2 heterocycles. The fourth-order valence-corrected chi connectivity index (χ4v) is 3.74. The van der Waals surface area contributed by atoms with E-state index in [4.69, 9.17) is 23.7 Å². The van der Waals surface area contributed by atoms with Gasteiger partial charge in [0.1, 0.15) is 28.5 Å². The average Bonchev–Trinajstić information content (AvgIpc) is 2.83. The molecule has 10 heteroatoms. The van der Waals surface area contributed by atoms with Crippen LogP contribution in [0, 0.1) is 0 Å². The van der Waals surface area contributed by atoms with Crippen LogP contribution >= 0.6 is 0 Å². The number of benzene rings is 1. The number of hydrogen-bond donors (Lipinski definition) is 1. The summed E-state index contributed by atoms with van der Waals surface area (Å²) in [5, 5.41) is 2.68. The van der Waals surface area contributed by atoms with Crippen molar-refractivity contribution in [1.29, 1.82) is 0 Å². The second kappa shape index (κ2) is 11.0. The topological polar surface area (TPSA) is 108 Å². The van der Waals surface area contributed by atoms with E-state index in [1.807, 2.05) is 26.0 Å². The van der Waals surface area contributed by atoms with Gasteiger partial charge in [-0.3, -0.25) is 9.69 Å². The van der Waals surface area contributed by atoms with Gasteiger partial charge in [0.25, 0.3) is 11.8 Å². The second-order valence-electron chi connectivity index (χ2n) is 9.86. The third-order valence-electron chi connectivity index (χ3n) is 5.36. The summed E-state index contributed by atoms with van der Waals surface area (Å²) in [5.41, 5.74) is -0.153. The summed E-state index contributed by atoms with van der Waals surface area (Å²) < 4.78 is 27.6. The molecule has 0 bridgehead atoms. The number of aromatic nitrogens is 1. The average molecular weight is 514 g/mol. The van der Waals surface area contributed by atoms with Gasteiger partial charge < -0.3 is 29.0 Å². The number of nitrogens with one attached hydrogen (secondary N) is 1. The van der Waals surface area contributed by atoms with Gasteiger partial charge in [-0.1, -0.05) is 0 Å². The number of nitrogens with zero attached hydrogens (tertiary/aromatic N) is 2. The summed E-state index contributed by atoms with van der Waals surface area (Å²) in [4.78, 5) is 32.0. The Bertz CT molecular complexity index is 1190. The number of anilines is 1. The lowest BCUT2D eigenvalue weighted by Crippen LogP contribution is -2.41. The number of rotatable bonds is 8. The Kier molecular flexibility index (Phi) is 8.20. The third-order valence-corrected chi connectivity index (χ3v) is 5.36. The number of fused-ring (bicyclic) bond motifs is 1. The summed E-state index contributed by atoms with van der Waals surface area (Å²) in [7, 11) is 4.47. The van der Waals surface area contributed by atoms with Crippen molar-refractivity contribution >= 4 is 23.9 Å². The van der Waals surface area contributed by atoms with Gasteiger partial charge in [-0.2, -0.15) is 4.98 Å². The normalized spacial score (nSPS) is 13.6. The van der Waals surface area contributed by atoms with Gasteiger partial charge >= 0.3 is 6.09 Å². The first-order valence-electron chi connectivity index (χ1n) is 11.9. The van der Waals surface area contributed by atoms with E-state index < -0.39 is 17.3 Å². The monoisotopic (exact) mass is 513 g/mol. The highest BCUT2D eigenvalue weighted by Gasteiger charge is 2.29. The molecule has 1 N–H and O–H groups in total. The van der Waals surface area contributed by atoms with E-state index in [9.17, 15) is 9.59 Å². The number of carbonyl (C=O) groups is 2. The minimum Gasteiger partial charge on any atom is -0.495 e. The van der Waals surface area contributed by atoms with Gasteiger partial charge in [0.15, 0.2) is 5.75 Å². The van der Waals surface area contributed by atoms with Gasteiger partial charge in [-0.25, -0.2) is 4.79 Å². The lowest BCUT2D eigenvalue weighted by atomic mass is 9.99. The van der Waals surface area contributed by atoms with Crippen molar-refractivity contribution in [2.45, 2.75) is 45.8 Å². The van der Waals surface area contributed by atoms with Crippen molar-refractivity contribution < 1.29 is 33.3 Å². The molecule has 0 spiro atoms. The predicted molar refractivity (Wildman–Crippen MR) is 140 cm³/mol. The fourth-order valence-electron chi connectivity index (χ4n) is 3.74. The van der Waals surface area contributed by atoms with Crippen molar-refractivity contribution in [3.63, 3.8) is 0 Å². The molecule has 0 saturated carbocycles. The highest BCUT2D eigenvalue weighted by Crippen LogP contribution is 2.40. The van der Waals surface area contributed by atoms with Crippen molar-refractivity contribution in [3.8, 4) is 23.1 Å². The molecule has 0 fully saturated rings. The molecule has 2 amide bonds. The van der Waals surface area contributed by atoms with E-state index in [0.29, 0.717) is 34.2 Å². The molecule has 1 aliphatic heterocycles. The highest BCUT2D eigenvalue weighted by atomic mass is 16.6. The van der Waals surface area contributed by atoms with Crippen LogP contribution in [0.5, 0.6) is 23.1 Å². The Hall–Kier alpha value is -3.95. The van der Waals surface area contributed by atoms with E-state index in [-0.39, 0.29) is 24.9 Å². The summed E-state index contributed by atoms with van der Waals surface area (Å²) in [6.45, 7) is 9.42. The first kappa shape index (κ1) is 27.6. The first-order valence-corrected chi connectivity index (χ1v) is 11.9. The third kappa shape index (κ3) is 6.63. The lowest BCUT2D eigenvalue weighted by Gasteiger charge is -2.30. The molecular formula is C27H35N3O7.